The van der Waals surface area contributed by atoms with Crippen LogP contribution < -0.4 is 0 Å². The second kappa shape index (κ2) is 18.3. The van der Waals surface area contributed by atoms with Gasteiger partial charge in [0.15, 0.2) is 24.7 Å². The molecule has 364 valence electrons. The molecule has 16 nitrogen and oxygen atoms in total. The zero-order valence-corrected chi connectivity index (χ0v) is 38.4. The van der Waals surface area contributed by atoms with Crippen molar-refractivity contribution >= 4 is 0 Å². The summed E-state index contributed by atoms with van der Waals surface area (Å²) in [5.74, 6) is 2.67. The van der Waals surface area contributed by atoms with Crippen LogP contribution in [0.4, 0.5) is 0 Å². The summed E-state index contributed by atoms with van der Waals surface area (Å²) in [6.07, 6.45) is -8.06. The van der Waals surface area contributed by atoms with Crippen molar-refractivity contribution in [2.24, 2.45) is 46.3 Å². The monoisotopic (exact) mass is 909 g/mol. The molecule has 0 bridgehead atoms. The fourth-order valence-electron chi connectivity index (χ4n) is 14.2. The maximum absolute atomic E-state index is 12.3. The summed E-state index contributed by atoms with van der Waals surface area (Å²) in [6.45, 7) is 17.3. The minimum Gasteiger partial charge on any atom is -0.388 e. The highest BCUT2D eigenvalue weighted by Crippen LogP contribution is 2.70. The maximum atomic E-state index is 12.3. The molecule has 4 aliphatic carbocycles. The van der Waals surface area contributed by atoms with Crippen molar-refractivity contribution in [2.45, 2.75) is 209 Å². The van der Waals surface area contributed by atoms with Crippen LogP contribution in [-0.4, -0.2) is 166 Å². The maximum Gasteiger partial charge on any atom is 0.187 e. The van der Waals surface area contributed by atoms with Crippen LogP contribution in [0.5, 0.6) is 0 Å². The van der Waals surface area contributed by atoms with Crippen molar-refractivity contribution in [3.8, 4) is 0 Å². The number of hydrogen-bond donors (Lipinski definition) is 7. The fraction of sp³-hybridized carbons (Fsp3) is 0.917. The van der Waals surface area contributed by atoms with E-state index in [0.29, 0.717) is 48.3 Å². The molecule has 1 spiro atoms. The van der Waals surface area contributed by atoms with Crippen LogP contribution >= 0.6 is 0 Å². The fourth-order valence-corrected chi connectivity index (χ4v) is 14.2. The lowest BCUT2D eigenvalue weighted by atomic mass is 9.47. The number of aliphatic hydroxyl groups is 7. The number of hydrogen-bond acceptors (Lipinski definition) is 16. The van der Waals surface area contributed by atoms with Crippen LogP contribution in [0.25, 0.3) is 0 Å². The van der Waals surface area contributed by atoms with Gasteiger partial charge in [0.1, 0.15) is 61.0 Å². The molecule has 8 fully saturated rings. The van der Waals surface area contributed by atoms with E-state index < -0.39 is 97.9 Å². The van der Waals surface area contributed by atoms with Crippen molar-refractivity contribution in [1.29, 1.82) is 0 Å². The SMILES string of the molecule is C=CCOC[C@H]1O[C@@H](O[C@H]2CC[C@@]3(C)C(=CC[C@H]4[C@@H]5C[C@@H]6O[C@]7(CC[C@@H](C)CO7)[C@@H](C)[C@@H]6[C@@]5(C)CC[C@@H]43)C2)[C@H](O[C@@H]2O[C@@H](C)[C@H](O)[C@@H](O)[C@H]2O)[C@@H](O)[C@@H]1O[C@@H]1O[C@@H](C)[C@H](O)[C@@H](O)[C@H]1O. The van der Waals surface area contributed by atoms with E-state index in [1.807, 2.05) is 0 Å². The molecule has 0 radical (unpaired) electrons. The number of allylic oxidation sites excluding steroid dienone is 1. The highest BCUT2D eigenvalue weighted by molar-refractivity contribution is 5.26. The topological polar surface area (TPSA) is 225 Å². The molecule has 16 heteroatoms. The number of fused-ring (bicyclic) bond motifs is 7. The molecule has 9 rings (SSSR count). The second-order valence-corrected chi connectivity index (χ2v) is 21.7. The molecule has 0 unspecified atom stereocenters. The van der Waals surface area contributed by atoms with Gasteiger partial charge in [-0.25, -0.2) is 0 Å². The van der Waals surface area contributed by atoms with E-state index in [-0.39, 0.29) is 36.3 Å². The molecule has 0 aromatic carbocycles. The average molecular weight is 909 g/mol. The Hall–Kier alpha value is -1.16. The molecule has 3 saturated carbocycles. The first-order valence-corrected chi connectivity index (χ1v) is 24.3. The summed E-state index contributed by atoms with van der Waals surface area (Å²) in [7, 11) is 0. The lowest BCUT2D eigenvalue weighted by Gasteiger charge is -2.59. The third kappa shape index (κ3) is 8.12. The number of rotatable bonds is 10. The third-order valence-corrected chi connectivity index (χ3v) is 18.0. The normalized spacial score (nSPS) is 56.1. The molecule has 5 heterocycles. The smallest absolute Gasteiger partial charge is 0.187 e. The predicted molar refractivity (Wildman–Crippen MR) is 227 cm³/mol. The molecule has 7 N–H and O–H groups in total. The predicted octanol–water partition coefficient (Wildman–Crippen LogP) is 2.45. The average Bonchev–Trinajstić information content (AvgIpc) is 3.72. The molecule has 9 aliphatic rings. The van der Waals surface area contributed by atoms with E-state index in [4.69, 9.17) is 42.6 Å². The van der Waals surface area contributed by atoms with E-state index in [1.54, 1.807) is 6.08 Å². The van der Waals surface area contributed by atoms with Crippen LogP contribution in [0.2, 0.25) is 0 Å². The summed E-state index contributed by atoms with van der Waals surface area (Å²) in [5.41, 5.74) is 1.56. The molecule has 0 aromatic rings. The van der Waals surface area contributed by atoms with Crippen molar-refractivity contribution in [3.63, 3.8) is 0 Å². The Balaban J connectivity index is 0.935. The van der Waals surface area contributed by atoms with E-state index >= 15 is 0 Å². The van der Waals surface area contributed by atoms with Gasteiger partial charge >= 0.3 is 0 Å². The highest BCUT2D eigenvalue weighted by Gasteiger charge is 2.69. The van der Waals surface area contributed by atoms with Gasteiger partial charge in [-0.05, 0) is 106 Å². The Morgan fingerprint density at radius 3 is 2.05 bits per heavy atom. The molecule has 0 aromatic heterocycles. The van der Waals surface area contributed by atoms with Crippen LogP contribution in [0.3, 0.4) is 0 Å². The van der Waals surface area contributed by atoms with E-state index in [1.165, 1.54) is 25.8 Å². The lowest BCUT2D eigenvalue weighted by Crippen LogP contribution is -2.66. The van der Waals surface area contributed by atoms with Crippen molar-refractivity contribution in [1.82, 2.24) is 0 Å². The summed E-state index contributed by atoms with van der Waals surface area (Å²) in [4.78, 5) is 0. The van der Waals surface area contributed by atoms with Gasteiger partial charge in [-0.2, -0.15) is 0 Å². The Morgan fingerprint density at radius 2 is 1.41 bits per heavy atom. The Kier molecular flexibility index (Phi) is 13.7. The lowest BCUT2D eigenvalue weighted by molar-refractivity contribution is -0.389. The van der Waals surface area contributed by atoms with Crippen molar-refractivity contribution in [2.75, 3.05) is 19.8 Å². The van der Waals surface area contributed by atoms with Gasteiger partial charge < -0.3 is 78.4 Å². The van der Waals surface area contributed by atoms with Crippen LogP contribution in [0.15, 0.2) is 24.3 Å². The van der Waals surface area contributed by atoms with Gasteiger partial charge in [0.2, 0.25) is 0 Å². The van der Waals surface area contributed by atoms with E-state index in [9.17, 15) is 35.7 Å². The molecular formula is C48H76O16. The third-order valence-electron chi connectivity index (χ3n) is 18.0. The highest BCUT2D eigenvalue weighted by atomic mass is 16.8. The molecule has 26 atom stereocenters. The first-order chi connectivity index (χ1) is 30.4. The van der Waals surface area contributed by atoms with Gasteiger partial charge in [0, 0.05) is 12.3 Å². The number of ether oxygens (including phenoxy) is 9. The molecule has 0 amide bonds. The summed E-state index contributed by atoms with van der Waals surface area (Å²) >= 11 is 0. The Labute approximate surface area is 377 Å². The van der Waals surface area contributed by atoms with Gasteiger partial charge in [0.25, 0.3) is 0 Å². The van der Waals surface area contributed by atoms with Crippen molar-refractivity contribution in [3.05, 3.63) is 24.3 Å². The summed E-state index contributed by atoms with van der Waals surface area (Å²) in [6, 6.07) is 0. The van der Waals surface area contributed by atoms with Crippen molar-refractivity contribution < 1.29 is 78.4 Å². The zero-order valence-electron chi connectivity index (χ0n) is 38.4. The minimum atomic E-state index is -1.69. The second-order valence-electron chi connectivity index (χ2n) is 21.7. The molecular weight excluding hydrogens is 833 g/mol. The van der Waals surface area contributed by atoms with E-state index in [2.05, 4.69) is 40.3 Å². The van der Waals surface area contributed by atoms with Crippen LogP contribution in [0, 0.1) is 46.3 Å². The first-order valence-electron chi connectivity index (χ1n) is 24.3. The molecule has 5 aliphatic heterocycles. The number of aliphatic hydroxyl groups excluding tert-OH is 7. The molecule has 64 heavy (non-hydrogen) atoms. The minimum absolute atomic E-state index is 0.00969. The molecule has 5 saturated heterocycles. The van der Waals surface area contributed by atoms with Crippen LogP contribution in [-0.2, 0) is 42.6 Å². The first kappa shape index (κ1) is 47.9. The van der Waals surface area contributed by atoms with E-state index in [0.717, 1.165) is 45.1 Å². The summed E-state index contributed by atoms with van der Waals surface area (Å²) < 4.78 is 56.9. The quantitative estimate of drug-likeness (QED) is 0.124. The van der Waals surface area contributed by atoms with Gasteiger partial charge in [-0.3, -0.25) is 0 Å². The standard InChI is InChI=1S/C48H76O16/c1-8-17-56-21-32-41(62-43-38(53)36(51)34(49)24(4)58-43)40(55)42(63-44-39(54)37(52)35(50)25(5)59-44)45(61-32)60-27-12-14-46(6)26(18-27)9-10-28-29(46)13-15-47(7)30(28)19-31-33(47)23(3)48(64-31)16-11-22(2)20-57-48/h8-9,22-25,27-45,49-55H,1,10-21H2,2-7H3/t22-,23+,24+,25+,27+,28-,29+,30+,31+,32-,33+,34+,35+,36-,37-,38-,39-,40+,41-,42-,43+,44+,45-,46+,47+,48-/m1/s1. The van der Waals surface area contributed by atoms with Gasteiger partial charge in [-0.1, -0.05) is 45.4 Å². The zero-order chi connectivity index (χ0) is 45.6. The summed E-state index contributed by atoms with van der Waals surface area (Å²) in [5, 5.41) is 76.3. The van der Waals surface area contributed by atoms with Gasteiger partial charge in [-0.15, -0.1) is 6.58 Å². The van der Waals surface area contributed by atoms with Gasteiger partial charge in [0.05, 0.1) is 44.2 Å². The van der Waals surface area contributed by atoms with Crippen LogP contribution in [0.1, 0.15) is 99.3 Å². The Morgan fingerprint density at radius 1 is 0.734 bits per heavy atom. The Bertz CT molecular complexity index is 1670. The largest absolute Gasteiger partial charge is 0.388 e.